The van der Waals surface area contributed by atoms with Crippen LogP contribution in [-0.2, 0) is 4.79 Å². The molecule has 1 aromatic rings. The smallest absolute Gasteiger partial charge is 0.309 e. The van der Waals surface area contributed by atoms with Gasteiger partial charge in [0, 0.05) is 6.42 Å². The summed E-state index contributed by atoms with van der Waals surface area (Å²) in [5, 5.41) is 10.6. The maximum Gasteiger partial charge on any atom is 0.309 e. The van der Waals surface area contributed by atoms with Gasteiger partial charge >= 0.3 is 5.97 Å². The van der Waals surface area contributed by atoms with Crippen molar-refractivity contribution in [1.82, 2.24) is 0 Å². The van der Waals surface area contributed by atoms with Crippen LogP contribution in [0, 0.1) is 5.41 Å². The highest BCUT2D eigenvalue weighted by Crippen LogP contribution is 2.24. The van der Waals surface area contributed by atoms with E-state index in [1.165, 1.54) is 11.3 Å². The second kappa shape index (κ2) is 3.92. The fourth-order valence-electron chi connectivity index (χ4n) is 1.00. The minimum atomic E-state index is -0.985. The van der Waals surface area contributed by atoms with E-state index < -0.39 is 11.4 Å². The number of hydrogen-bond acceptors (Lipinski definition) is 3. The SMILES string of the molecule is CC(C)(CC(=O)c1cccs1)C(=O)O. The van der Waals surface area contributed by atoms with Gasteiger partial charge in [0.25, 0.3) is 0 Å². The number of hydrogen-bond donors (Lipinski definition) is 1. The molecule has 4 heteroatoms. The molecular weight excluding hydrogens is 200 g/mol. The molecule has 1 N–H and O–H groups in total. The van der Waals surface area contributed by atoms with Crippen molar-refractivity contribution in [2.45, 2.75) is 20.3 Å². The molecule has 0 aliphatic rings. The Balaban J connectivity index is 2.71. The van der Waals surface area contributed by atoms with Crippen molar-refractivity contribution < 1.29 is 14.7 Å². The summed E-state index contributed by atoms with van der Waals surface area (Å²) in [6.45, 7) is 3.11. The molecule has 0 saturated heterocycles. The van der Waals surface area contributed by atoms with Gasteiger partial charge in [-0.3, -0.25) is 9.59 Å². The molecular formula is C10H12O3S. The molecule has 1 aromatic heterocycles. The minimum absolute atomic E-state index is 0.0445. The lowest BCUT2D eigenvalue weighted by Gasteiger charge is -2.16. The zero-order chi connectivity index (χ0) is 10.8. The molecule has 14 heavy (non-hydrogen) atoms. The zero-order valence-electron chi connectivity index (χ0n) is 8.11. The van der Waals surface area contributed by atoms with Gasteiger partial charge in [0.15, 0.2) is 5.78 Å². The largest absolute Gasteiger partial charge is 0.481 e. The quantitative estimate of drug-likeness (QED) is 0.780. The molecule has 0 atom stereocenters. The Hall–Kier alpha value is -1.16. The van der Waals surface area contributed by atoms with Crippen LogP contribution in [0.2, 0.25) is 0 Å². The summed E-state index contributed by atoms with van der Waals surface area (Å²) in [5.74, 6) is -1.05. The van der Waals surface area contributed by atoms with Crippen molar-refractivity contribution in [3.63, 3.8) is 0 Å². The number of thiophene rings is 1. The normalized spacial score (nSPS) is 11.3. The summed E-state index contributed by atoms with van der Waals surface area (Å²) < 4.78 is 0. The maximum atomic E-state index is 11.6. The molecule has 0 amide bonds. The Morgan fingerprint density at radius 1 is 1.50 bits per heavy atom. The van der Waals surface area contributed by atoms with Crippen LogP contribution in [0.4, 0.5) is 0 Å². The van der Waals surface area contributed by atoms with E-state index in [1.807, 2.05) is 0 Å². The molecule has 0 fully saturated rings. The standard InChI is InChI=1S/C10H12O3S/c1-10(2,9(12)13)6-7(11)8-4-3-5-14-8/h3-5H,6H2,1-2H3,(H,12,13). The summed E-state index contributed by atoms with van der Waals surface area (Å²) in [7, 11) is 0. The van der Waals surface area contributed by atoms with Crippen molar-refractivity contribution in [3.05, 3.63) is 22.4 Å². The van der Waals surface area contributed by atoms with Gasteiger partial charge in [-0.2, -0.15) is 0 Å². The molecule has 0 spiro atoms. The van der Waals surface area contributed by atoms with Crippen molar-refractivity contribution in [3.8, 4) is 0 Å². The van der Waals surface area contributed by atoms with E-state index in [2.05, 4.69) is 0 Å². The van der Waals surface area contributed by atoms with Gasteiger partial charge in [-0.25, -0.2) is 0 Å². The van der Waals surface area contributed by atoms with Crippen molar-refractivity contribution >= 4 is 23.1 Å². The molecule has 0 aromatic carbocycles. The molecule has 1 rings (SSSR count). The highest BCUT2D eigenvalue weighted by Gasteiger charge is 2.30. The lowest BCUT2D eigenvalue weighted by Crippen LogP contribution is -2.26. The fraction of sp³-hybridized carbons (Fsp3) is 0.400. The first kappa shape index (κ1) is 10.9. The van der Waals surface area contributed by atoms with Crippen LogP contribution in [0.15, 0.2) is 17.5 Å². The van der Waals surface area contributed by atoms with Crippen LogP contribution in [-0.4, -0.2) is 16.9 Å². The van der Waals surface area contributed by atoms with Gasteiger partial charge < -0.3 is 5.11 Å². The van der Waals surface area contributed by atoms with Crippen LogP contribution < -0.4 is 0 Å². The van der Waals surface area contributed by atoms with Gasteiger partial charge in [-0.1, -0.05) is 6.07 Å². The number of carbonyl (C=O) groups excluding carboxylic acids is 1. The second-order valence-electron chi connectivity index (χ2n) is 3.77. The number of carbonyl (C=O) groups is 2. The van der Waals surface area contributed by atoms with Gasteiger partial charge in [0.05, 0.1) is 10.3 Å². The lowest BCUT2D eigenvalue weighted by atomic mass is 9.87. The average Bonchev–Trinajstić information content (AvgIpc) is 2.54. The number of carboxylic acids is 1. The molecule has 0 bridgehead atoms. The Morgan fingerprint density at radius 2 is 2.14 bits per heavy atom. The summed E-state index contributed by atoms with van der Waals surface area (Å²) >= 11 is 1.34. The third kappa shape index (κ3) is 2.42. The van der Waals surface area contributed by atoms with Crippen LogP contribution in [0.25, 0.3) is 0 Å². The highest BCUT2D eigenvalue weighted by molar-refractivity contribution is 7.12. The van der Waals surface area contributed by atoms with Crippen molar-refractivity contribution in [2.24, 2.45) is 5.41 Å². The molecule has 76 valence electrons. The van der Waals surface area contributed by atoms with E-state index in [0.717, 1.165) is 0 Å². The van der Waals surface area contributed by atoms with E-state index in [4.69, 9.17) is 5.11 Å². The van der Waals surface area contributed by atoms with E-state index in [1.54, 1.807) is 31.4 Å². The number of ketones is 1. The van der Waals surface area contributed by atoms with Crippen LogP contribution >= 0.6 is 11.3 Å². The first-order valence-corrected chi connectivity index (χ1v) is 5.11. The second-order valence-corrected chi connectivity index (χ2v) is 4.71. The molecule has 0 unspecified atom stereocenters. The zero-order valence-corrected chi connectivity index (χ0v) is 8.93. The first-order chi connectivity index (χ1) is 6.43. The summed E-state index contributed by atoms with van der Waals surface area (Å²) in [4.78, 5) is 23.0. The summed E-state index contributed by atoms with van der Waals surface area (Å²) in [6.07, 6.45) is 0.0445. The Labute approximate surface area is 86.4 Å². The molecule has 0 aliphatic carbocycles. The molecule has 0 aliphatic heterocycles. The first-order valence-electron chi connectivity index (χ1n) is 4.23. The van der Waals surface area contributed by atoms with Gasteiger partial charge in [-0.05, 0) is 25.3 Å². The lowest BCUT2D eigenvalue weighted by molar-refractivity contribution is -0.146. The average molecular weight is 212 g/mol. The number of carboxylic acid groups (broad SMARTS) is 1. The Kier molecular flexibility index (Phi) is 3.06. The third-order valence-electron chi connectivity index (χ3n) is 1.98. The number of Topliss-reactive ketones (excluding diaryl/α,β-unsaturated/α-hetero) is 1. The summed E-state index contributed by atoms with van der Waals surface area (Å²) in [5.41, 5.74) is -0.985. The highest BCUT2D eigenvalue weighted by atomic mass is 32.1. The fourth-order valence-corrected chi connectivity index (χ4v) is 1.67. The summed E-state index contributed by atoms with van der Waals surface area (Å²) in [6, 6.07) is 3.50. The molecule has 0 radical (unpaired) electrons. The topological polar surface area (TPSA) is 54.4 Å². The van der Waals surface area contributed by atoms with Gasteiger partial charge in [-0.15, -0.1) is 11.3 Å². The van der Waals surface area contributed by atoms with E-state index >= 15 is 0 Å². The molecule has 3 nitrogen and oxygen atoms in total. The number of aliphatic carboxylic acids is 1. The van der Waals surface area contributed by atoms with E-state index in [0.29, 0.717) is 4.88 Å². The molecule has 0 saturated carbocycles. The third-order valence-corrected chi connectivity index (χ3v) is 2.89. The minimum Gasteiger partial charge on any atom is -0.481 e. The van der Waals surface area contributed by atoms with Crippen molar-refractivity contribution in [1.29, 1.82) is 0 Å². The van der Waals surface area contributed by atoms with E-state index in [9.17, 15) is 9.59 Å². The van der Waals surface area contributed by atoms with Crippen molar-refractivity contribution in [2.75, 3.05) is 0 Å². The maximum absolute atomic E-state index is 11.6. The predicted molar refractivity (Wildman–Crippen MR) is 54.7 cm³/mol. The van der Waals surface area contributed by atoms with E-state index in [-0.39, 0.29) is 12.2 Å². The van der Waals surface area contributed by atoms with Gasteiger partial charge in [0.1, 0.15) is 0 Å². The van der Waals surface area contributed by atoms with Crippen LogP contribution in [0.1, 0.15) is 29.9 Å². The van der Waals surface area contributed by atoms with Gasteiger partial charge in [0.2, 0.25) is 0 Å². The predicted octanol–water partition coefficient (Wildman–Crippen LogP) is 2.43. The molecule has 1 heterocycles. The van der Waals surface area contributed by atoms with Crippen LogP contribution in [0.3, 0.4) is 0 Å². The van der Waals surface area contributed by atoms with Crippen LogP contribution in [0.5, 0.6) is 0 Å². The Bertz CT molecular complexity index is 338. The number of rotatable bonds is 4. The monoisotopic (exact) mass is 212 g/mol. The Morgan fingerprint density at radius 3 is 2.57 bits per heavy atom.